The average Bonchev–Trinajstić information content (AvgIpc) is 3.00. The second-order valence-corrected chi connectivity index (χ2v) is 7.03. The summed E-state index contributed by atoms with van der Waals surface area (Å²) in [5.74, 6) is 0. The molecule has 0 bridgehead atoms. The van der Waals surface area contributed by atoms with Crippen molar-refractivity contribution >= 4 is 6.09 Å². The van der Waals surface area contributed by atoms with Gasteiger partial charge in [-0.3, -0.25) is 4.68 Å². The molecular formula is C16H28N4O3. The highest BCUT2D eigenvalue weighted by molar-refractivity contribution is 5.68. The molecule has 1 aromatic heterocycles. The Morgan fingerprint density at radius 1 is 1.43 bits per heavy atom. The van der Waals surface area contributed by atoms with Gasteiger partial charge in [0, 0.05) is 38.5 Å². The second-order valence-electron chi connectivity index (χ2n) is 7.03. The van der Waals surface area contributed by atoms with E-state index < -0.39 is 5.60 Å². The van der Waals surface area contributed by atoms with Crippen molar-refractivity contribution in [2.24, 2.45) is 7.05 Å². The molecule has 2 rings (SSSR count). The van der Waals surface area contributed by atoms with Crippen molar-refractivity contribution < 1.29 is 14.3 Å². The quantitative estimate of drug-likeness (QED) is 0.908. The van der Waals surface area contributed by atoms with Gasteiger partial charge in [0.1, 0.15) is 5.60 Å². The number of ether oxygens (including phenoxy) is 2. The van der Waals surface area contributed by atoms with Crippen LogP contribution in [-0.4, -0.2) is 58.7 Å². The van der Waals surface area contributed by atoms with Gasteiger partial charge in [-0.05, 0) is 27.7 Å². The first-order valence-electron chi connectivity index (χ1n) is 7.93. The van der Waals surface area contributed by atoms with Crippen LogP contribution in [0.25, 0.3) is 0 Å². The maximum Gasteiger partial charge on any atom is 0.410 e. The van der Waals surface area contributed by atoms with Gasteiger partial charge in [0.25, 0.3) is 0 Å². The fourth-order valence-electron chi connectivity index (χ4n) is 2.64. The molecule has 7 heteroatoms. The largest absolute Gasteiger partial charge is 0.444 e. The molecule has 0 aliphatic carbocycles. The van der Waals surface area contributed by atoms with Crippen LogP contribution in [0.5, 0.6) is 0 Å². The van der Waals surface area contributed by atoms with Crippen molar-refractivity contribution in [2.75, 3.05) is 20.2 Å². The summed E-state index contributed by atoms with van der Waals surface area (Å²) in [5.41, 5.74) is 1.80. The minimum Gasteiger partial charge on any atom is -0.444 e. The summed E-state index contributed by atoms with van der Waals surface area (Å²) in [5, 5.41) is 7.72. The molecule has 1 aliphatic rings. The summed E-state index contributed by atoms with van der Waals surface area (Å²) in [6.45, 7) is 9.47. The Balaban J connectivity index is 1.94. The molecular weight excluding hydrogens is 296 g/mol. The number of hydrogen-bond donors (Lipinski definition) is 1. The van der Waals surface area contributed by atoms with Gasteiger partial charge in [-0.1, -0.05) is 0 Å². The molecule has 1 amide bonds. The Labute approximate surface area is 137 Å². The van der Waals surface area contributed by atoms with Gasteiger partial charge in [-0.15, -0.1) is 0 Å². The first-order chi connectivity index (χ1) is 10.7. The van der Waals surface area contributed by atoms with E-state index in [-0.39, 0.29) is 18.2 Å². The Kier molecular flexibility index (Phi) is 5.31. The third kappa shape index (κ3) is 4.45. The number of carbonyl (C=O) groups is 1. The topological polar surface area (TPSA) is 68.6 Å². The van der Waals surface area contributed by atoms with Crippen molar-refractivity contribution in [1.82, 2.24) is 20.0 Å². The Hall–Kier alpha value is -1.60. The lowest BCUT2D eigenvalue weighted by Gasteiger charge is -2.24. The molecule has 2 heterocycles. The lowest BCUT2D eigenvalue weighted by molar-refractivity contribution is 0.0252. The summed E-state index contributed by atoms with van der Waals surface area (Å²) >= 11 is 0. The fourth-order valence-corrected chi connectivity index (χ4v) is 2.64. The molecule has 0 aromatic carbocycles. The van der Waals surface area contributed by atoms with Gasteiger partial charge in [0.05, 0.1) is 24.9 Å². The van der Waals surface area contributed by atoms with Crippen LogP contribution in [0.3, 0.4) is 0 Å². The number of rotatable bonds is 4. The van der Waals surface area contributed by atoms with Gasteiger partial charge in [-0.25, -0.2) is 4.79 Å². The van der Waals surface area contributed by atoms with E-state index >= 15 is 0 Å². The zero-order valence-electron chi connectivity index (χ0n) is 14.9. The molecule has 1 saturated heterocycles. The summed E-state index contributed by atoms with van der Waals surface area (Å²) in [6, 6.07) is 0.0760. The van der Waals surface area contributed by atoms with E-state index in [0.29, 0.717) is 19.6 Å². The Morgan fingerprint density at radius 3 is 2.65 bits per heavy atom. The molecule has 0 radical (unpaired) electrons. The van der Waals surface area contributed by atoms with Crippen LogP contribution < -0.4 is 5.32 Å². The number of methoxy groups -OCH3 is 1. The number of amides is 1. The molecule has 1 unspecified atom stereocenters. The highest BCUT2D eigenvalue weighted by Gasteiger charge is 2.37. The molecule has 23 heavy (non-hydrogen) atoms. The van der Waals surface area contributed by atoms with Crippen molar-refractivity contribution in [3.05, 3.63) is 17.5 Å². The first-order valence-corrected chi connectivity index (χ1v) is 7.93. The molecule has 7 nitrogen and oxygen atoms in total. The Bertz CT molecular complexity index is 550. The lowest BCUT2D eigenvalue weighted by atomic mass is 10.2. The van der Waals surface area contributed by atoms with Crippen molar-refractivity contribution in [2.45, 2.75) is 52.0 Å². The van der Waals surface area contributed by atoms with E-state index in [4.69, 9.17) is 9.47 Å². The number of nitrogens with one attached hydrogen (secondary N) is 1. The third-order valence-electron chi connectivity index (χ3n) is 4.11. The summed E-state index contributed by atoms with van der Waals surface area (Å²) in [4.78, 5) is 13.9. The summed E-state index contributed by atoms with van der Waals surface area (Å²) < 4.78 is 12.8. The van der Waals surface area contributed by atoms with E-state index in [0.717, 1.165) is 11.3 Å². The molecule has 130 valence electrons. The van der Waals surface area contributed by atoms with E-state index in [1.54, 1.807) is 12.0 Å². The maximum absolute atomic E-state index is 12.2. The molecule has 2 atom stereocenters. The van der Waals surface area contributed by atoms with Crippen molar-refractivity contribution in [3.8, 4) is 0 Å². The molecule has 0 spiro atoms. The molecule has 1 aliphatic heterocycles. The van der Waals surface area contributed by atoms with Crippen molar-refractivity contribution in [1.29, 1.82) is 0 Å². The monoisotopic (exact) mass is 324 g/mol. The zero-order valence-corrected chi connectivity index (χ0v) is 14.9. The van der Waals surface area contributed by atoms with Crippen LogP contribution in [0.1, 0.15) is 32.0 Å². The number of aryl methyl sites for hydroxylation is 1. The Morgan fingerprint density at radius 2 is 2.13 bits per heavy atom. The highest BCUT2D eigenvalue weighted by atomic mass is 16.6. The predicted molar refractivity (Wildman–Crippen MR) is 87.2 cm³/mol. The molecule has 1 N–H and O–H groups in total. The minimum atomic E-state index is -0.488. The van der Waals surface area contributed by atoms with Crippen LogP contribution in [0.2, 0.25) is 0 Å². The number of nitrogens with zero attached hydrogens (tertiary/aromatic N) is 3. The first kappa shape index (κ1) is 17.7. The number of aromatic nitrogens is 2. The van der Waals surface area contributed by atoms with Crippen LogP contribution in [-0.2, 0) is 23.1 Å². The lowest BCUT2D eigenvalue weighted by Crippen LogP contribution is -2.40. The average molecular weight is 324 g/mol. The zero-order chi connectivity index (χ0) is 17.2. The number of likely N-dealkylation sites (tertiary alicyclic amines) is 1. The van der Waals surface area contributed by atoms with E-state index in [1.807, 2.05) is 45.6 Å². The smallest absolute Gasteiger partial charge is 0.410 e. The molecule has 1 fully saturated rings. The standard InChI is InChI=1S/C16H28N4O3/c1-11-12(8-18-19(11)5)7-17-13-9-20(10-14(13)22-6)15(21)23-16(2,3)4/h8,13-14,17H,7,9-10H2,1-6H3/t13?,14-/m0/s1. The van der Waals surface area contributed by atoms with E-state index in [2.05, 4.69) is 10.4 Å². The highest BCUT2D eigenvalue weighted by Crippen LogP contribution is 2.18. The molecule has 0 saturated carbocycles. The SMILES string of the molecule is CO[C@H]1CN(C(=O)OC(C)(C)C)CC1NCc1cnn(C)c1C. The molecule has 1 aromatic rings. The second kappa shape index (κ2) is 6.88. The predicted octanol–water partition coefficient (Wildman–Crippen LogP) is 1.45. The summed E-state index contributed by atoms with van der Waals surface area (Å²) in [7, 11) is 3.60. The van der Waals surface area contributed by atoms with Crippen LogP contribution in [0.4, 0.5) is 4.79 Å². The number of hydrogen-bond acceptors (Lipinski definition) is 5. The number of carbonyl (C=O) groups excluding carboxylic acids is 1. The summed E-state index contributed by atoms with van der Waals surface area (Å²) in [6.07, 6.45) is 1.53. The van der Waals surface area contributed by atoms with Crippen molar-refractivity contribution in [3.63, 3.8) is 0 Å². The minimum absolute atomic E-state index is 0.0421. The van der Waals surface area contributed by atoms with Crippen LogP contribution in [0, 0.1) is 6.92 Å². The third-order valence-corrected chi connectivity index (χ3v) is 4.11. The van der Waals surface area contributed by atoms with Gasteiger partial charge in [-0.2, -0.15) is 5.10 Å². The van der Waals surface area contributed by atoms with E-state index in [9.17, 15) is 4.79 Å². The van der Waals surface area contributed by atoms with Gasteiger partial charge < -0.3 is 19.7 Å². The van der Waals surface area contributed by atoms with Gasteiger partial charge in [0.15, 0.2) is 0 Å². The van der Waals surface area contributed by atoms with Crippen LogP contribution in [0.15, 0.2) is 6.20 Å². The van der Waals surface area contributed by atoms with Gasteiger partial charge >= 0.3 is 6.09 Å². The fraction of sp³-hybridized carbons (Fsp3) is 0.750. The van der Waals surface area contributed by atoms with Gasteiger partial charge in [0.2, 0.25) is 0 Å². The van der Waals surface area contributed by atoms with E-state index in [1.165, 1.54) is 0 Å². The van der Waals surface area contributed by atoms with Crippen LogP contribution >= 0.6 is 0 Å². The normalized spacial score (nSPS) is 21.7. The maximum atomic E-state index is 12.2.